The van der Waals surface area contributed by atoms with Crippen LogP contribution in [-0.4, -0.2) is 17.9 Å². The van der Waals surface area contributed by atoms with E-state index in [-0.39, 0.29) is 0 Å². The third kappa shape index (κ3) is 3.50. The molecular weight excluding hydrogens is 324 g/mol. The highest BCUT2D eigenvalue weighted by Crippen LogP contribution is 2.26. The molecule has 3 rings (SSSR count). The Morgan fingerprint density at radius 2 is 1.90 bits per heavy atom. The van der Waals surface area contributed by atoms with E-state index in [1.165, 1.54) is 43.2 Å². The average Bonchev–Trinajstić information content (AvgIpc) is 2.59. The first-order chi connectivity index (χ1) is 10.1. The number of hydrogen-bond donors (Lipinski definition) is 1. The standard InChI is InChI=1S/C18H25BrN2/c1-12-10-14-8-9-15(19)11-17(14)18(20-13(12)2)21-16-6-4-3-5-7-16/h8-9,11-13,16H,3-7,10H2,1-2H3,(H,20,21)/t12-,13?/m1/s1. The predicted octanol–water partition coefficient (Wildman–Crippen LogP) is 4.70. The molecule has 21 heavy (non-hydrogen) atoms. The van der Waals surface area contributed by atoms with Gasteiger partial charge in [-0.3, -0.25) is 4.99 Å². The van der Waals surface area contributed by atoms with Crippen molar-refractivity contribution >= 4 is 21.8 Å². The van der Waals surface area contributed by atoms with Crippen molar-refractivity contribution in [2.45, 2.75) is 64.5 Å². The number of aliphatic imine (C=N–C) groups is 1. The molecule has 0 bridgehead atoms. The van der Waals surface area contributed by atoms with Crippen LogP contribution in [0, 0.1) is 5.92 Å². The Morgan fingerprint density at radius 3 is 2.67 bits per heavy atom. The summed E-state index contributed by atoms with van der Waals surface area (Å²) in [6.45, 7) is 4.55. The van der Waals surface area contributed by atoms with Gasteiger partial charge in [-0.05, 0) is 49.8 Å². The van der Waals surface area contributed by atoms with Crippen molar-refractivity contribution in [3.63, 3.8) is 0 Å². The molecule has 0 aromatic heterocycles. The molecule has 1 aliphatic heterocycles. The normalized spacial score (nSPS) is 26.7. The molecule has 1 aromatic rings. The van der Waals surface area contributed by atoms with E-state index in [0.29, 0.717) is 18.0 Å². The van der Waals surface area contributed by atoms with Gasteiger partial charge in [-0.15, -0.1) is 0 Å². The fraction of sp³-hybridized carbons (Fsp3) is 0.611. The minimum absolute atomic E-state index is 0.377. The van der Waals surface area contributed by atoms with E-state index >= 15 is 0 Å². The van der Waals surface area contributed by atoms with Crippen molar-refractivity contribution in [2.75, 3.05) is 0 Å². The number of nitrogens with zero attached hydrogens (tertiary/aromatic N) is 1. The van der Waals surface area contributed by atoms with Gasteiger partial charge < -0.3 is 5.32 Å². The summed E-state index contributed by atoms with van der Waals surface area (Å²) in [6.07, 6.45) is 7.77. The van der Waals surface area contributed by atoms with Crippen LogP contribution in [0.15, 0.2) is 27.7 Å². The number of amidine groups is 1. The maximum absolute atomic E-state index is 5.02. The minimum atomic E-state index is 0.377. The van der Waals surface area contributed by atoms with Crippen LogP contribution >= 0.6 is 15.9 Å². The van der Waals surface area contributed by atoms with E-state index in [1.54, 1.807) is 0 Å². The van der Waals surface area contributed by atoms with E-state index < -0.39 is 0 Å². The zero-order chi connectivity index (χ0) is 14.8. The van der Waals surface area contributed by atoms with E-state index in [4.69, 9.17) is 4.99 Å². The van der Waals surface area contributed by atoms with Crippen LogP contribution in [-0.2, 0) is 6.42 Å². The zero-order valence-corrected chi connectivity index (χ0v) is 14.6. The molecule has 1 unspecified atom stereocenters. The third-order valence-electron chi connectivity index (χ3n) is 4.97. The highest BCUT2D eigenvalue weighted by atomic mass is 79.9. The van der Waals surface area contributed by atoms with Crippen LogP contribution in [0.1, 0.15) is 57.1 Å². The Morgan fingerprint density at radius 1 is 1.14 bits per heavy atom. The first kappa shape index (κ1) is 15.1. The van der Waals surface area contributed by atoms with Gasteiger partial charge in [-0.1, -0.05) is 48.2 Å². The Labute approximate surface area is 136 Å². The van der Waals surface area contributed by atoms with E-state index in [9.17, 15) is 0 Å². The zero-order valence-electron chi connectivity index (χ0n) is 13.0. The molecule has 0 amide bonds. The van der Waals surface area contributed by atoms with Gasteiger partial charge >= 0.3 is 0 Å². The Balaban J connectivity index is 1.92. The van der Waals surface area contributed by atoms with Gasteiger partial charge in [0.25, 0.3) is 0 Å². The molecule has 1 N–H and O–H groups in total. The Bertz CT molecular complexity index is 532. The molecular formula is C18H25BrN2. The number of fused-ring (bicyclic) bond motifs is 1. The number of rotatable bonds is 1. The first-order valence-electron chi connectivity index (χ1n) is 8.26. The van der Waals surface area contributed by atoms with Crippen LogP contribution in [0.4, 0.5) is 0 Å². The van der Waals surface area contributed by atoms with Gasteiger partial charge in [0.2, 0.25) is 0 Å². The fourth-order valence-electron chi connectivity index (χ4n) is 3.42. The number of halogens is 1. The second-order valence-electron chi connectivity index (χ2n) is 6.68. The number of nitrogens with one attached hydrogen (secondary N) is 1. The molecule has 2 nitrogen and oxygen atoms in total. The molecule has 1 heterocycles. The summed E-state index contributed by atoms with van der Waals surface area (Å²) in [7, 11) is 0. The second-order valence-corrected chi connectivity index (χ2v) is 7.60. The summed E-state index contributed by atoms with van der Waals surface area (Å²) >= 11 is 3.62. The smallest absolute Gasteiger partial charge is 0.129 e. The van der Waals surface area contributed by atoms with Crippen molar-refractivity contribution in [3.8, 4) is 0 Å². The van der Waals surface area contributed by atoms with Crippen molar-refractivity contribution in [1.29, 1.82) is 0 Å². The summed E-state index contributed by atoms with van der Waals surface area (Å²) in [5, 5.41) is 3.76. The maximum atomic E-state index is 5.02. The van der Waals surface area contributed by atoms with Crippen molar-refractivity contribution in [1.82, 2.24) is 5.32 Å². The quantitative estimate of drug-likeness (QED) is 0.781. The van der Waals surface area contributed by atoms with Crippen LogP contribution in [0.2, 0.25) is 0 Å². The van der Waals surface area contributed by atoms with E-state index in [0.717, 1.165) is 16.7 Å². The molecule has 1 aromatic carbocycles. The SMILES string of the molecule is CC1N=C(NC2CCCCC2)c2cc(Br)ccc2C[C@H]1C. The van der Waals surface area contributed by atoms with Gasteiger partial charge in [-0.25, -0.2) is 0 Å². The van der Waals surface area contributed by atoms with Crippen LogP contribution < -0.4 is 5.32 Å². The molecule has 0 spiro atoms. The lowest BCUT2D eigenvalue weighted by atomic mass is 9.93. The number of benzene rings is 1. The number of hydrogen-bond acceptors (Lipinski definition) is 2. The molecule has 2 atom stereocenters. The van der Waals surface area contributed by atoms with Gasteiger partial charge in [0, 0.05) is 16.1 Å². The Hall–Kier alpha value is -0.830. The molecule has 0 radical (unpaired) electrons. The summed E-state index contributed by atoms with van der Waals surface area (Å²) in [5.41, 5.74) is 2.73. The summed E-state index contributed by atoms with van der Waals surface area (Å²) in [4.78, 5) is 5.02. The van der Waals surface area contributed by atoms with Crippen molar-refractivity contribution < 1.29 is 0 Å². The van der Waals surface area contributed by atoms with E-state index in [2.05, 4.69) is 53.3 Å². The molecule has 1 saturated carbocycles. The topological polar surface area (TPSA) is 24.4 Å². The monoisotopic (exact) mass is 348 g/mol. The predicted molar refractivity (Wildman–Crippen MR) is 93.0 cm³/mol. The lowest BCUT2D eigenvalue weighted by molar-refractivity contribution is 0.412. The van der Waals surface area contributed by atoms with Crippen LogP contribution in [0.3, 0.4) is 0 Å². The lowest BCUT2D eigenvalue weighted by Crippen LogP contribution is -2.37. The largest absolute Gasteiger partial charge is 0.367 e. The van der Waals surface area contributed by atoms with Gasteiger partial charge in [0.1, 0.15) is 5.84 Å². The maximum Gasteiger partial charge on any atom is 0.129 e. The van der Waals surface area contributed by atoms with Gasteiger partial charge in [0.15, 0.2) is 0 Å². The first-order valence-corrected chi connectivity index (χ1v) is 9.06. The summed E-state index contributed by atoms with van der Waals surface area (Å²) < 4.78 is 1.14. The summed E-state index contributed by atoms with van der Waals surface area (Å²) in [6, 6.07) is 7.62. The molecule has 1 aliphatic carbocycles. The molecule has 1 fully saturated rings. The van der Waals surface area contributed by atoms with Gasteiger partial charge in [0.05, 0.1) is 6.04 Å². The minimum Gasteiger partial charge on any atom is -0.367 e. The molecule has 2 aliphatic rings. The second kappa shape index (κ2) is 6.51. The highest BCUT2D eigenvalue weighted by Gasteiger charge is 2.24. The van der Waals surface area contributed by atoms with Gasteiger partial charge in [-0.2, -0.15) is 0 Å². The average molecular weight is 349 g/mol. The molecule has 114 valence electrons. The van der Waals surface area contributed by atoms with Crippen molar-refractivity contribution in [3.05, 3.63) is 33.8 Å². The highest BCUT2D eigenvalue weighted by molar-refractivity contribution is 9.10. The van der Waals surface area contributed by atoms with E-state index in [1.807, 2.05) is 0 Å². The third-order valence-corrected chi connectivity index (χ3v) is 5.46. The Kier molecular flexibility index (Phi) is 4.68. The van der Waals surface area contributed by atoms with Crippen LogP contribution in [0.5, 0.6) is 0 Å². The molecule has 0 saturated heterocycles. The van der Waals surface area contributed by atoms with Crippen LogP contribution in [0.25, 0.3) is 0 Å². The lowest BCUT2D eigenvalue weighted by Gasteiger charge is -2.25. The fourth-order valence-corrected chi connectivity index (χ4v) is 3.78. The molecule has 3 heteroatoms. The summed E-state index contributed by atoms with van der Waals surface area (Å²) in [5.74, 6) is 1.71. The van der Waals surface area contributed by atoms with Crippen molar-refractivity contribution in [2.24, 2.45) is 10.9 Å².